The first kappa shape index (κ1) is 25.1. The molecule has 1 saturated carbocycles. The van der Waals surface area contributed by atoms with Crippen LogP contribution in [0, 0.1) is 5.92 Å². The Bertz CT molecular complexity index is 977. The van der Waals surface area contributed by atoms with Crippen molar-refractivity contribution in [3.8, 4) is 0 Å². The lowest BCUT2D eigenvalue weighted by atomic mass is 9.89. The standard InChI is InChI=1S/C29H40N4O2/c1-21(2)30-28(34)26-20-25(32-29(35)31-24-11-7-4-8-12-24)13-14-27(26)33-17-15-23(16-18-33)19-22-9-5-3-6-10-22/h3,5-6,9-10,13-14,20-21,23-24H,4,7-8,11-12,15-19H2,1-2H3,(H,30,34)(H2,31,32,35). The number of carbonyl (C=O) groups excluding carboxylic acids is 2. The van der Waals surface area contributed by atoms with E-state index in [0.29, 0.717) is 17.2 Å². The molecule has 2 aliphatic rings. The number of piperidine rings is 1. The lowest BCUT2D eigenvalue weighted by Crippen LogP contribution is -2.39. The second kappa shape index (κ2) is 12.1. The smallest absolute Gasteiger partial charge is 0.319 e. The molecule has 4 rings (SSSR count). The van der Waals surface area contributed by atoms with E-state index in [1.54, 1.807) is 0 Å². The monoisotopic (exact) mass is 476 g/mol. The number of benzene rings is 2. The van der Waals surface area contributed by atoms with E-state index in [-0.39, 0.29) is 24.0 Å². The summed E-state index contributed by atoms with van der Waals surface area (Å²) in [5, 5.41) is 9.08. The van der Waals surface area contributed by atoms with Crippen LogP contribution in [0.2, 0.25) is 0 Å². The van der Waals surface area contributed by atoms with Gasteiger partial charge in [-0.05, 0) is 75.6 Å². The molecule has 0 atom stereocenters. The molecule has 1 heterocycles. The number of urea groups is 1. The van der Waals surface area contributed by atoms with Crippen LogP contribution in [0.25, 0.3) is 0 Å². The van der Waals surface area contributed by atoms with Gasteiger partial charge >= 0.3 is 6.03 Å². The number of rotatable bonds is 7. The maximum atomic E-state index is 13.1. The van der Waals surface area contributed by atoms with Crippen LogP contribution in [-0.2, 0) is 6.42 Å². The number of carbonyl (C=O) groups is 2. The molecule has 1 saturated heterocycles. The van der Waals surface area contributed by atoms with Gasteiger partial charge in [-0.1, -0.05) is 49.6 Å². The molecule has 2 fully saturated rings. The molecular weight excluding hydrogens is 436 g/mol. The predicted octanol–water partition coefficient (Wildman–Crippen LogP) is 5.74. The van der Waals surface area contributed by atoms with Gasteiger partial charge in [0.05, 0.1) is 5.56 Å². The van der Waals surface area contributed by atoms with E-state index in [1.807, 2.05) is 32.0 Å². The lowest BCUT2D eigenvalue weighted by molar-refractivity contribution is 0.0943. The molecule has 1 aliphatic carbocycles. The molecule has 6 heteroatoms. The lowest BCUT2D eigenvalue weighted by Gasteiger charge is -2.35. The van der Waals surface area contributed by atoms with Crippen molar-refractivity contribution in [2.24, 2.45) is 5.92 Å². The van der Waals surface area contributed by atoms with E-state index in [1.165, 1.54) is 24.8 Å². The van der Waals surface area contributed by atoms with Crippen molar-refractivity contribution in [1.29, 1.82) is 0 Å². The van der Waals surface area contributed by atoms with Crippen LogP contribution in [0.5, 0.6) is 0 Å². The zero-order valence-electron chi connectivity index (χ0n) is 21.2. The van der Waals surface area contributed by atoms with Crippen LogP contribution in [0.3, 0.4) is 0 Å². The van der Waals surface area contributed by atoms with E-state index in [9.17, 15) is 9.59 Å². The Hall–Kier alpha value is -3.02. The summed E-state index contributed by atoms with van der Waals surface area (Å²) in [4.78, 5) is 28.0. The summed E-state index contributed by atoms with van der Waals surface area (Å²) in [7, 11) is 0. The molecule has 0 unspecified atom stereocenters. The highest BCUT2D eigenvalue weighted by Crippen LogP contribution is 2.30. The van der Waals surface area contributed by atoms with Gasteiger partial charge in [0.15, 0.2) is 0 Å². The molecular formula is C29H40N4O2. The Balaban J connectivity index is 1.43. The first-order valence-corrected chi connectivity index (χ1v) is 13.3. The fourth-order valence-electron chi connectivity index (χ4n) is 5.34. The van der Waals surface area contributed by atoms with Crippen molar-refractivity contribution in [1.82, 2.24) is 10.6 Å². The van der Waals surface area contributed by atoms with Crippen LogP contribution in [0.15, 0.2) is 48.5 Å². The molecule has 0 aromatic heterocycles. The SMILES string of the molecule is CC(C)NC(=O)c1cc(NC(=O)NC2CCCCC2)ccc1N1CCC(Cc2ccccc2)CC1. The summed E-state index contributed by atoms with van der Waals surface area (Å²) in [6.45, 7) is 5.78. The molecule has 0 bridgehead atoms. The van der Waals surface area contributed by atoms with E-state index in [2.05, 4.69) is 51.2 Å². The van der Waals surface area contributed by atoms with Gasteiger partial charge in [-0.25, -0.2) is 4.79 Å². The molecule has 35 heavy (non-hydrogen) atoms. The van der Waals surface area contributed by atoms with Gasteiger partial charge in [-0.15, -0.1) is 0 Å². The number of amides is 3. The summed E-state index contributed by atoms with van der Waals surface area (Å²) in [5.41, 5.74) is 3.61. The van der Waals surface area contributed by atoms with Gasteiger partial charge in [0, 0.05) is 36.5 Å². The molecule has 0 spiro atoms. The Morgan fingerprint density at radius 2 is 1.66 bits per heavy atom. The predicted molar refractivity (Wildman–Crippen MR) is 143 cm³/mol. The molecule has 6 nitrogen and oxygen atoms in total. The minimum absolute atomic E-state index is 0.0400. The summed E-state index contributed by atoms with van der Waals surface area (Å²) in [6, 6.07) is 16.5. The van der Waals surface area contributed by atoms with Gasteiger partial charge in [0.2, 0.25) is 0 Å². The van der Waals surface area contributed by atoms with Crippen LogP contribution in [-0.4, -0.2) is 37.1 Å². The number of hydrogen-bond donors (Lipinski definition) is 3. The molecule has 0 radical (unpaired) electrons. The molecule has 1 aliphatic heterocycles. The fraction of sp³-hybridized carbons (Fsp3) is 0.517. The minimum Gasteiger partial charge on any atom is -0.371 e. The van der Waals surface area contributed by atoms with E-state index in [0.717, 1.165) is 50.9 Å². The molecule has 2 aromatic carbocycles. The first-order valence-electron chi connectivity index (χ1n) is 13.3. The average molecular weight is 477 g/mol. The highest BCUT2D eigenvalue weighted by Gasteiger charge is 2.24. The Kier molecular flexibility index (Phi) is 8.67. The largest absolute Gasteiger partial charge is 0.371 e. The van der Waals surface area contributed by atoms with Gasteiger partial charge < -0.3 is 20.9 Å². The normalized spacial score (nSPS) is 17.3. The second-order valence-corrected chi connectivity index (χ2v) is 10.4. The maximum Gasteiger partial charge on any atom is 0.319 e. The van der Waals surface area contributed by atoms with Crippen molar-refractivity contribution < 1.29 is 9.59 Å². The first-order chi connectivity index (χ1) is 17.0. The van der Waals surface area contributed by atoms with Crippen molar-refractivity contribution >= 4 is 23.3 Å². The quantitative estimate of drug-likeness (QED) is 0.477. The van der Waals surface area contributed by atoms with Gasteiger partial charge in [0.1, 0.15) is 0 Å². The zero-order valence-corrected chi connectivity index (χ0v) is 21.2. The highest BCUT2D eigenvalue weighted by molar-refractivity contribution is 6.02. The summed E-state index contributed by atoms with van der Waals surface area (Å²) < 4.78 is 0. The van der Waals surface area contributed by atoms with Gasteiger partial charge in [-0.3, -0.25) is 4.79 Å². The van der Waals surface area contributed by atoms with Crippen molar-refractivity contribution in [3.63, 3.8) is 0 Å². The van der Waals surface area contributed by atoms with E-state index in [4.69, 9.17) is 0 Å². The van der Waals surface area contributed by atoms with Gasteiger partial charge in [-0.2, -0.15) is 0 Å². The number of hydrogen-bond acceptors (Lipinski definition) is 3. The number of nitrogens with one attached hydrogen (secondary N) is 3. The molecule has 3 N–H and O–H groups in total. The fourth-order valence-corrected chi connectivity index (χ4v) is 5.34. The van der Waals surface area contributed by atoms with Crippen molar-refractivity contribution in [3.05, 3.63) is 59.7 Å². The topological polar surface area (TPSA) is 73.5 Å². The summed E-state index contributed by atoms with van der Waals surface area (Å²) in [6.07, 6.45) is 8.97. The summed E-state index contributed by atoms with van der Waals surface area (Å²) in [5.74, 6) is 0.559. The van der Waals surface area contributed by atoms with Crippen LogP contribution in [0.4, 0.5) is 16.2 Å². The number of anilines is 2. The molecule has 2 aromatic rings. The Morgan fingerprint density at radius 3 is 2.34 bits per heavy atom. The Labute approximate surface area is 209 Å². The van der Waals surface area contributed by atoms with Crippen LogP contribution >= 0.6 is 0 Å². The van der Waals surface area contributed by atoms with Crippen LogP contribution < -0.4 is 20.9 Å². The van der Waals surface area contributed by atoms with Crippen molar-refractivity contribution in [2.75, 3.05) is 23.3 Å². The average Bonchev–Trinajstić information content (AvgIpc) is 2.85. The molecule has 188 valence electrons. The van der Waals surface area contributed by atoms with E-state index < -0.39 is 0 Å². The van der Waals surface area contributed by atoms with E-state index >= 15 is 0 Å². The zero-order chi connectivity index (χ0) is 24.6. The second-order valence-electron chi connectivity index (χ2n) is 10.4. The highest BCUT2D eigenvalue weighted by atomic mass is 16.2. The third-order valence-corrected chi connectivity index (χ3v) is 7.18. The van der Waals surface area contributed by atoms with Gasteiger partial charge in [0.25, 0.3) is 5.91 Å². The third kappa shape index (κ3) is 7.23. The maximum absolute atomic E-state index is 13.1. The van der Waals surface area contributed by atoms with Crippen LogP contribution in [0.1, 0.15) is 74.7 Å². The third-order valence-electron chi connectivity index (χ3n) is 7.18. The summed E-state index contributed by atoms with van der Waals surface area (Å²) >= 11 is 0. The Morgan fingerprint density at radius 1 is 0.943 bits per heavy atom. The van der Waals surface area contributed by atoms with Crippen molar-refractivity contribution in [2.45, 2.75) is 77.3 Å². The number of nitrogens with zero attached hydrogens (tertiary/aromatic N) is 1. The minimum atomic E-state index is -0.193. The molecule has 3 amide bonds.